The summed E-state index contributed by atoms with van der Waals surface area (Å²) < 4.78 is 7.26. The summed E-state index contributed by atoms with van der Waals surface area (Å²) in [6.07, 6.45) is 4.44. The SMILES string of the molecule is CC(C)(C)OC(=O)N1C(c2cccnc2)SC[C@H]1C(=O)c1cn(C(=O)C(C)(C)C)c2ccccc12. The topological polar surface area (TPSA) is 81.5 Å². The maximum atomic E-state index is 14.0. The third-order valence-corrected chi connectivity index (χ3v) is 7.04. The Hall–Kier alpha value is -3.13. The van der Waals surface area contributed by atoms with Crippen molar-refractivity contribution in [2.24, 2.45) is 5.41 Å². The molecule has 0 radical (unpaired) electrons. The van der Waals surface area contributed by atoms with Gasteiger partial charge in [-0.05, 0) is 32.9 Å². The fraction of sp³-hybridized carbons (Fsp3) is 0.407. The number of thioether (sulfide) groups is 1. The third-order valence-electron chi connectivity index (χ3n) is 5.71. The van der Waals surface area contributed by atoms with Crippen molar-refractivity contribution >= 4 is 40.4 Å². The van der Waals surface area contributed by atoms with Crippen LogP contribution < -0.4 is 0 Å². The van der Waals surface area contributed by atoms with E-state index in [2.05, 4.69) is 4.98 Å². The second-order valence-electron chi connectivity index (χ2n) is 10.7. The van der Waals surface area contributed by atoms with Gasteiger partial charge in [-0.2, -0.15) is 0 Å². The standard InChI is InChI=1S/C27H31N3O4S/c1-26(2,3)24(32)29-15-19(18-11-7-8-12-20(18)29)22(31)21-16-35-23(17-10-9-13-28-14-17)30(21)25(33)34-27(4,5)6/h7-15,21,23H,16H2,1-6H3/t21-,23?/m0/s1. The predicted octanol–water partition coefficient (Wildman–Crippen LogP) is 5.96. The van der Waals surface area contributed by atoms with E-state index in [1.54, 1.807) is 43.9 Å². The lowest BCUT2D eigenvalue weighted by Crippen LogP contribution is -2.45. The summed E-state index contributed by atoms with van der Waals surface area (Å²) in [5.74, 6) is 0.0851. The summed E-state index contributed by atoms with van der Waals surface area (Å²) in [4.78, 5) is 46.2. The number of aromatic nitrogens is 2. The van der Waals surface area contributed by atoms with Gasteiger partial charge in [-0.1, -0.05) is 45.0 Å². The van der Waals surface area contributed by atoms with Gasteiger partial charge in [-0.25, -0.2) is 4.79 Å². The number of para-hydroxylation sites is 1. The summed E-state index contributed by atoms with van der Waals surface area (Å²) in [6, 6.07) is 10.3. The molecule has 0 N–H and O–H groups in total. The highest BCUT2D eigenvalue weighted by Crippen LogP contribution is 2.43. The number of fused-ring (bicyclic) bond motifs is 1. The van der Waals surface area contributed by atoms with Gasteiger partial charge in [0.1, 0.15) is 17.0 Å². The summed E-state index contributed by atoms with van der Waals surface area (Å²) in [7, 11) is 0. The molecule has 0 saturated carbocycles. The first-order valence-corrected chi connectivity index (χ1v) is 12.7. The lowest BCUT2D eigenvalue weighted by atomic mass is 9.95. The van der Waals surface area contributed by atoms with E-state index >= 15 is 0 Å². The van der Waals surface area contributed by atoms with E-state index in [4.69, 9.17) is 4.74 Å². The van der Waals surface area contributed by atoms with E-state index in [1.807, 2.05) is 57.2 Å². The predicted molar refractivity (Wildman–Crippen MR) is 138 cm³/mol. The van der Waals surface area contributed by atoms with Crippen LogP contribution in [0.5, 0.6) is 0 Å². The Kier molecular flexibility index (Phi) is 6.53. The van der Waals surface area contributed by atoms with Crippen molar-refractivity contribution in [3.63, 3.8) is 0 Å². The first-order chi connectivity index (χ1) is 16.4. The maximum Gasteiger partial charge on any atom is 0.412 e. The van der Waals surface area contributed by atoms with E-state index in [9.17, 15) is 14.4 Å². The highest BCUT2D eigenvalue weighted by atomic mass is 32.2. The Labute approximate surface area is 209 Å². The van der Waals surface area contributed by atoms with Crippen molar-refractivity contribution < 1.29 is 19.1 Å². The minimum Gasteiger partial charge on any atom is -0.444 e. The number of hydrogen-bond acceptors (Lipinski definition) is 6. The van der Waals surface area contributed by atoms with Gasteiger partial charge >= 0.3 is 6.09 Å². The number of carbonyl (C=O) groups excluding carboxylic acids is 3. The van der Waals surface area contributed by atoms with E-state index in [1.165, 1.54) is 16.7 Å². The summed E-state index contributed by atoms with van der Waals surface area (Å²) in [5.41, 5.74) is 0.577. The molecule has 184 valence electrons. The van der Waals surface area contributed by atoms with Crippen molar-refractivity contribution in [3.05, 3.63) is 66.1 Å². The Bertz CT molecular complexity index is 1270. The van der Waals surface area contributed by atoms with Crippen LogP contribution in [0.25, 0.3) is 10.9 Å². The maximum absolute atomic E-state index is 14.0. The Balaban J connectivity index is 1.78. The molecule has 1 amide bonds. The van der Waals surface area contributed by atoms with Crippen LogP contribution in [-0.4, -0.2) is 49.6 Å². The lowest BCUT2D eigenvalue weighted by molar-refractivity contribution is 0.0172. The highest BCUT2D eigenvalue weighted by molar-refractivity contribution is 7.99. The van der Waals surface area contributed by atoms with Crippen molar-refractivity contribution in [2.45, 2.75) is 58.6 Å². The van der Waals surface area contributed by atoms with Crippen LogP contribution in [0, 0.1) is 5.41 Å². The Morgan fingerprint density at radius 3 is 2.37 bits per heavy atom. The molecule has 4 rings (SSSR count). The molecule has 7 nitrogen and oxygen atoms in total. The Morgan fingerprint density at radius 2 is 1.74 bits per heavy atom. The number of Topliss-reactive ketones (excluding diaryl/α,β-unsaturated/α-hetero) is 1. The summed E-state index contributed by atoms with van der Waals surface area (Å²) in [6.45, 7) is 11.0. The van der Waals surface area contributed by atoms with Crippen LogP contribution in [0.1, 0.15) is 67.6 Å². The van der Waals surface area contributed by atoms with E-state index in [0.717, 1.165) is 5.56 Å². The minimum absolute atomic E-state index is 0.106. The van der Waals surface area contributed by atoms with Crippen LogP contribution in [0.4, 0.5) is 4.79 Å². The number of rotatable bonds is 3. The molecular formula is C27H31N3O4S. The van der Waals surface area contributed by atoms with Crippen LogP contribution in [-0.2, 0) is 4.74 Å². The van der Waals surface area contributed by atoms with E-state index < -0.39 is 28.5 Å². The number of hydrogen-bond donors (Lipinski definition) is 0. The summed E-state index contributed by atoms with van der Waals surface area (Å²) >= 11 is 1.50. The second kappa shape index (κ2) is 9.15. The van der Waals surface area contributed by atoms with Crippen LogP contribution in [0.3, 0.4) is 0 Å². The van der Waals surface area contributed by atoms with Gasteiger partial charge in [0.15, 0.2) is 5.78 Å². The van der Waals surface area contributed by atoms with Crippen LogP contribution >= 0.6 is 11.8 Å². The number of ether oxygens (including phenoxy) is 1. The van der Waals surface area contributed by atoms with Crippen LogP contribution in [0.2, 0.25) is 0 Å². The van der Waals surface area contributed by atoms with Crippen molar-refractivity contribution in [2.75, 3.05) is 5.75 Å². The zero-order valence-electron chi connectivity index (χ0n) is 20.9. The molecule has 1 aliphatic rings. The molecule has 1 saturated heterocycles. The lowest BCUT2D eigenvalue weighted by Gasteiger charge is -2.31. The molecule has 8 heteroatoms. The molecule has 2 aromatic heterocycles. The molecule has 1 unspecified atom stereocenters. The summed E-state index contributed by atoms with van der Waals surface area (Å²) in [5, 5.41) is 0.283. The van der Waals surface area contributed by atoms with E-state index in [0.29, 0.717) is 22.2 Å². The number of benzene rings is 1. The van der Waals surface area contributed by atoms with Crippen molar-refractivity contribution in [1.29, 1.82) is 0 Å². The van der Waals surface area contributed by atoms with Gasteiger partial charge in [0.25, 0.3) is 0 Å². The number of nitrogens with zero attached hydrogens (tertiary/aromatic N) is 3. The molecule has 0 bridgehead atoms. The van der Waals surface area contributed by atoms with Gasteiger partial charge in [0.05, 0.1) is 5.52 Å². The minimum atomic E-state index is -0.746. The number of pyridine rings is 1. The molecular weight excluding hydrogens is 462 g/mol. The molecule has 0 spiro atoms. The molecule has 3 heterocycles. The van der Waals surface area contributed by atoms with Crippen LogP contribution in [0.15, 0.2) is 55.0 Å². The molecule has 1 aromatic carbocycles. The average molecular weight is 494 g/mol. The third kappa shape index (κ3) is 4.98. The highest BCUT2D eigenvalue weighted by Gasteiger charge is 2.45. The average Bonchev–Trinajstić information content (AvgIpc) is 3.39. The molecule has 35 heavy (non-hydrogen) atoms. The van der Waals surface area contributed by atoms with Gasteiger partial charge in [-0.3, -0.25) is 24.0 Å². The zero-order valence-corrected chi connectivity index (χ0v) is 21.8. The largest absolute Gasteiger partial charge is 0.444 e. The van der Waals surface area contributed by atoms with Gasteiger partial charge in [0, 0.05) is 46.3 Å². The fourth-order valence-corrected chi connectivity index (χ4v) is 5.51. The van der Waals surface area contributed by atoms with Gasteiger partial charge in [-0.15, -0.1) is 11.8 Å². The zero-order chi connectivity index (χ0) is 25.5. The number of ketones is 1. The monoisotopic (exact) mass is 493 g/mol. The van der Waals surface area contributed by atoms with Gasteiger partial charge in [0.2, 0.25) is 5.91 Å². The quantitative estimate of drug-likeness (QED) is 0.419. The Morgan fingerprint density at radius 1 is 1.03 bits per heavy atom. The molecule has 3 aromatic rings. The van der Waals surface area contributed by atoms with E-state index in [-0.39, 0.29) is 11.7 Å². The first kappa shape index (κ1) is 25.0. The number of amides is 1. The molecule has 0 aliphatic carbocycles. The van der Waals surface area contributed by atoms with Crippen molar-refractivity contribution in [1.82, 2.24) is 14.5 Å². The molecule has 1 aliphatic heterocycles. The number of carbonyl (C=O) groups is 3. The first-order valence-electron chi connectivity index (χ1n) is 11.6. The normalized spacial score (nSPS) is 18.6. The van der Waals surface area contributed by atoms with Gasteiger partial charge < -0.3 is 4.74 Å². The molecule has 1 fully saturated rings. The van der Waals surface area contributed by atoms with Crippen molar-refractivity contribution in [3.8, 4) is 0 Å². The fourth-order valence-electron chi connectivity index (χ4n) is 4.11. The second-order valence-corrected chi connectivity index (χ2v) is 11.8. The molecule has 2 atom stereocenters. The smallest absolute Gasteiger partial charge is 0.412 e.